The Morgan fingerprint density at radius 3 is 1.03 bits per heavy atom. The summed E-state index contributed by atoms with van der Waals surface area (Å²) in [6.07, 6.45) is 0.645. The minimum atomic E-state index is -0.990. The van der Waals surface area contributed by atoms with Crippen molar-refractivity contribution >= 4 is 11.9 Å². The fourth-order valence-electron chi connectivity index (χ4n) is 5.66. The van der Waals surface area contributed by atoms with Crippen LogP contribution in [0.1, 0.15) is 110 Å². The predicted molar refractivity (Wildman–Crippen MR) is 123 cm³/mol. The molecular formula is C26H48O4. The molecule has 1 aliphatic carbocycles. The topological polar surface area (TPSA) is 52.6 Å². The Kier molecular flexibility index (Phi) is 7.03. The first kappa shape index (κ1) is 27.0. The molecule has 0 amide bonds. The average Bonchev–Trinajstić information content (AvgIpc) is 2.49. The number of carbonyl (C=O) groups excluding carboxylic acids is 2. The molecule has 0 aromatic rings. The van der Waals surface area contributed by atoms with E-state index in [-0.39, 0.29) is 45.8 Å². The van der Waals surface area contributed by atoms with E-state index < -0.39 is 10.8 Å². The third-order valence-electron chi connectivity index (χ3n) is 8.75. The van der Waals surface area contributed by atoms with Crippen LogP contribution < -0.4 is 0 Å². The second kappa shape index (κ2) is 7.81. The number of hydrogen-bond donors (Lipinski definition) is 0. The van der Waals surface area contributed by atoms with E-state index in [1.807, 2.05) is 41.5 Å². The van der Waals surface area contributed by atoms with Crippen LogP contribution in [0.2, 0.25) is 0 Å². The highest BCUT2D eigenvalue weighted by Crippen LogP contribution is 2.73. The Labute approximate surface area is 185 Å². The van der Waals surface area contributed by atoms with Crippen molar-refractivity contribution in [3.8, 4) is 0 Å². The number of hydrogen-bond acceptors (Lipinski definition) is 4. The molecule has 0 aromatic heterocycles. The number of ether oxygens (including phenoxy) is 2. The maximum atomic E-state index is 13.6. The van der Waals surface area contributed by atoms with Crippen molar-refractivity contribution in [3.05, 3.63) is 0 Å². The van der Waals surface area contributed by atoms with Gasteiger partial charge in [0.25, 0.3) is 0 Å². The highest BCUT2D eigenvalue weighted by atomic mass is 16.6. The van der Waals surface area contributed by atoms with Crippen LogP contribution in [0.5, 0.6) is 0 Å². The molecular weight excluding hydrogens is 376 g/mol. The molecule has 0 heterocycles. The van der Waals surface area contributed by atoms with E-state index in [2.05, 4.69) is 55.4 Å². The smallest absolute Gasteiger partial charge is 0.313 e. The van der Waals surface area contributed by atoms with Crippen molar-refractivity contribution in [2.24, 2.45) is 32.5 Å². The number of esters is 2. The van der Waals surface area contributed by atoms with Crippen LogP contribution in [0.25, 0.3) is 0 Å². The van der Waals surface area contributed by atoms with E-state index in [1.54, 1.807) is 0 Å². The molecule has 0 N–H and O–H groups in total. The molecule has 1 saturated carbocycles. The third kappa shape index (κ3) is 4.05. The van der Waals surface area contributed by atoms with Gasteiger partial charge < -0.3 is 9.47 Å². The molecule has 0 aliphatic heterocycles. The first-order valence-corrected chi connectivity index (χ1v) is 11.5. The normalized spacial score (nSPS) is 35.5. The van der Waals surface area contributed by atoms with E-state index in [0.717, 1.165) is 0 Å². The summed E-state index contributed by atoms with van der Waals surface area (Å²) >= 11 is 0. The van der Waals surface area contributed by atoms with Crippen LogP contribution in [0.3, 0.4) is 0 Å². The lowest BCUT2D eigenvalue weighted by atomic mass is 9.34. The van der Waals surface area contributed by atoms with E-state index in [0.29, 0.717) is 12.8 Å². The van der Waals surface area contributed by atoms with Gasteiger partial charge in [0.05, 0.1) is 23.0 Å². The summed E-state index contributed by atoms with van der Waals surface area (Å²) in [6, 6.07) is 0. The molecule has 0 bridgehead atoms. The molecule has 0 aromatic carbocycles. The second-order valence-corrected chi connectivity index (χ2v) is 13.1. The van der Waals surface area contributed by atoms with Gasteiger partial charge in [-0.25, -0.2) is 0 Å². The predicted octanol–water partition coefficient (Wildman–Crippen LogP) is 6.80. The van der Waals surface area contributed by atoms with Gasteiger partial charge in [0.15, 0.2) is 0 Å². The monoisotopic (exact) mass is 424 g/mol. The first-order chi connectivity index (χ1) is 13.1. The minimum Gasteiger partial charge on any atom is -0.463 e. The highest BCUT2D eigenvalue weighted by molar-refractivity contribution is 5.88. The molecule has 4 atom stereocenters. The van der Waals surface area contributed by atoms with Gasteiger partial charge in [-0.3, -0.25) is 9.59 Å². The molecule has 4 unspecified atom stereocenters. The Balaban J connectivity index is 3.86. The summed E-state index contributed by atoms with van der Waals surface area (Å²) in [6.45, 7) is 29.4. The average molecular weight is 425 g/mol. The van der Waals surface area contributed by atoms with Gasteiger partial charge in [0.2, 0.25) is 0 Å². The largest absolute Gasteiger partial charge is 0.463 e. The zero-order valence-electron chi connectivity index (χ0n) is 22.2. The van der Waals surface area contributed by atoms with Gasteiger partial charge in [0.1, 0.15) is 0 Å². The molecule has 0 spiro atoms. The number of carbonyl (C=O) groups is 2. The lowest BCUT2D eigenvalue weighted by molar-refractivity contribution is -0.236. The molecule has 1 rings (SSSR count). The van der Waals surface area contributed by atoms with Crippen LogP contribution >= 0.6 is 0 Å². The maximum absolute atomic E-state index is 13.6. The summed E-state index contributed by atoms with van der Waals surface area (Å²) in [5.74, 6) is -0.598. The third-order valence-corrected chi connectivity index (χ3v) is 8.75. The van der Waals surface area contributed by atoms with Crippen molar-refractivity contribution in [2.75, 3.05) is 0 Å². The Bertz CT molecular complexity index is 608. The first-order valence-electron chi connectivity index (χ1n) is 11.5. The standard InChI is InChI=1S/C26H48O4/c1-17(2)29-19(27)23(11)15-25(13,21(5,6)7)26(14,22(8,9)10)16-24(23,12)20(28)30-18(3)4/h17-18H,15-16H2,1-14H3. The van der Waals surface area contributed by atoms with Crippen LogP contribution in [-0.4, -0.2) is 24.1 Å². The minimum absolute atomic E-state index is 0.0856. The molecule has 0 radical (unpaired) electrons. The fourth-order valence-corrected chi connectivity index (χ4v) is 5.66. The SMILES string of the molecule is CC(C)OC(=O)C1(C)CC(C)(C(C)(C)C)C(C)(C(C)(C)C)CC1(C)C(=O)OC(C)C. The van der Waals surface area contributed by atoms with Crippen molar-refractivity contribution in [1.82, 2.24) is 0 Å². The molecule has 0 saturated heterocycles. The maximum Gasteiger partial charge on any atom is 0.313 e. The van der Waals surface area contributed by atoms with E-state index >= 15 is 0 Å². The van der Waals surface area contributed by atoms with Gasteiger partial charge in [-0.1, -0.05) is 55.4 Å². The second-order valence-electron chi connectivity index (χ2n) is 13.1. The fraction of sp³-hybridized carbons (Fsp3) is 0.923. The van der Waals surface area contributed by atoms with Crippen molar-refractivity contribution < 1.29 is 19.1 Å². The van der Waals surface area contributed by atoms with Crippen molar-refractivity contribution in [3.63, 3.8) is 0 Å². The molecule has 30 heavy (non-hydrogen) atoms. The zero-order chi connectivity index (χ0) is 24.1. The van der Waals surface area contributed by atoms with Gasteiger partial charge in [0, 0.05) is 0 Å². The molecule has 1 aliphatic rings. The van der Waals surface area contributed by atoms with Crippen molar-refractivity contribution in [2.45, 2.75) is 122 Å². The van der Waals surface area contributed by atoms with Gasteiger partial charge in [-0.15, -0.1) is 0 Å². The number of rotatable bonds is 4. The molecule has 176 valence electrons. The lowest BCUT2D eigenvalue weighted by Crippen LogP contribution is -2.67. The van der Waals surface area contributed by atoms with Crippen LogP contribution in [0, 0.1) is 32.5 Å². The van der Waals surface area contributed by atoms with E-state index in [9.17, 15) is 9.59 Å². The van der Waals surface area contributed by atoms with E-state index in [1.165, 1.54) is 0 Å². The Morgan fingerprint density at radius 2 is 0.867 bits per heavy atom. The van der Waals surface area contributed by atoms with Crippen LogP contribution in [0.4, 0.5) is 0 Å². The van der Waals surface area contributed by atoms with Gasteiger partial charge >= 0.3 is 11.9 Å². The van der Waals surface area contributed by atoms with Gasteiger partial charge in [-0.05, 0) is 76.0 Å². The zero-order valence-corrected chi connectivity index (χ0v) is 22.2. The quantitative estimate of drug-likeness (QED) is 0.466. The lowest BCUT2D eigenvalue weighted by Gasteiger charge is -2.69. The Hall–Kier alpha value is -1.06. The summed E-state index contributed by atoms with van der Waals surface area (Å²) in [7, 11) is 0. The highest BCUT2D eigenvalue weighted by Gasteiger charge is 2.72. The molecule has 4 nitrogen and oxygen atoms in total. The molecule has 1 fully saturated rings. The summed E-state index contributed by atoms with van der Waals surface area (Å²) in [5, 5.41) is 0. The van der Waals surface area contributed by atoms with Gasteiger partial charge in [-0.2, -0.15) is 0 Å². The Morgan fingerprint density at radius 1 is 0.633 bits per heavy atom. The summed E-state index contributed by atoms with van der Waals surface area (Å²) < 4.78 is 11.5. The van der Waals surface area contributed by atoms with Crippen molar-refractivity contribution in [1.29, 1.82) is 0 Å². The van der Waals surface area contributed by atoms with E-state index in [4.69, 9.17) is 9.47 Å². The summed E-state index contributed by atoms with van der Waals surface area (Å²) in [4.78, 5) is 27.2. The summed E-state index contributed by atoms with van der Waals surface area (Å²) in [5.41, 5.74) is -2.59. The van der Waals surface area contributed by atoms with Crippen LogP contribution in [0.15, 0.2) is 0 Å². The van der Waals surface area contributed by atoms with Crippen LogP contribution in [-0.2, 0) is 19.1 Å². The molecule has 4 heteroatoms.